The zero-order chi connectivity index (χ0) is 21.1. The van der Waals surface area contributed by atoms with Gasteiger partial charge in [-0.3, -0.25) is 4.79 Å². The van der Waals surface area contributed by atoms with E-state index in [1.807, 2.05) is 57.2 Å². The zero-order valence-corrected chi connectivity index (χ0v) is 16.7. The number of carbonyl (C=O) groups is 1. The highest BCUT2D eigenvalue weighted by molar-refractivity contribution is 5.91. The Morgan fingerprint density at radius 2 is 1.77 bits per heavy atom. The molecule has 0 unspecified atom stereocenters. The van der Waals surface area contributed by atoms with Crippen LogP contribution in [0.4, 0.5) is 5.82 Å². The Kier molecular flexibility index (Phi) is 5.21. The van der Waals surface area contributed by atoms with E-state index >= 15 is 0 Å². The van der Waals surface area contributed by atoms with Crippen molar-refractivity contribution in [2.24, 2.45) is 0 Å². The van der Waals surface area contributed by atoms with Gasteiger partial charge < -0.3 is 14.5 Å². The van der Waals surface area contributed by atoms with Crippen molar-refractivity contribution >= 4 is 11.7 Å². The van der Waals surface area contributed by atoms with Gasteiger partial charge in [0.1, 0.15) is 5.82 Å². The molecule has 152 valence electrons. The van der Waals surface area contributed by atoms with Gasteiger partial charge in [-0.25, -0.2) is 9.97 Å². The van der Waals surface area contributed by atoms with E-state index in [4.69, 9.17) is 9.15 Å². The Bertz CT molecular complexity index is 1160. The number of nitrogens with one attached hydrogen (secondary N) is 1. The molecule has 30 heavy (non-hydrogen) atoms. The van der Waals surface area contributed by atoms with Gasteiger partial charge in [0.25, 0.3) is 17.7 Å². The van der Waals surface area contributed by atoms with Gasteiger partial charge in [-0.15, -0.1) is 5.10 Å². The summed E-state index contributed by atoms with van der Waals surface area (Å²) in [6.07, 6.45) is -0.0914. The first-order valence-corrected chi connectivity index (χ1v) is 9.19. The van der Waals surface area contributed by atoms with Crippen LogP contribution < -0.4 is 10.1 Å². The van der Waals surface area contributed by atoms with Gasteiger partial charge in [0.2, 0.25) is 0 Å². The Morgan fingerprint density at radius 3 is 2.50 bits per heavy atom. The number of benzene rings is 1. The minimum atomic E-state index is -0.417. The second-order valence-electron chi connectivity index (χ2n) is 6.61. The third-order valence-corrected chi connectivity index (χ3v) is 4.01. The number of carbonyl (C=O) groups excluding carboxylic acids is 1. The lowest BCUT2D eigenvalue weighted by Gasteiger charge is -2.08. The van der Waals surface area contributed by atoms with Crippen LogP contribution in [0.1, 0.15) is 17.1 Å². The topological polar surface area (TPSA) is 121 Å². The molecule has 3 heterocycles. The van der Waals surface area contributed by atoms with Gasteiger partial charge in [0.15, 0.2) is 6.61 Å². The molecule has 0 aliphatic carbocycles. The van der Waals surface area contributed by atoms with Crippen LogP contribution in [-0.4, -0.2) is 42.5 Å². The number of hydrogen-bond donors (Lipinski definition) is 1. The number of amides is 1. The molecule has 0 atom stereocenters. The first-order valence-electron chi connectivity index (χ1n) is 9.19. The summed E-state index contributed by atoms with van der Waals surface area (Å²) in [6.45, 7) is 5.24. The van der Waals surface area contributed by atoms with Gasteiger partial charge in [-0.2, -0.15) is 9.78 Å². The normalized spacial score (nSPS) is 10.8. The van der Waals surface area contributed by atoms with Crippen LogP contribution in [0.15, 0.2) is 46.9 Å². The van der Waals surface area contributed by atoms with E-state index in [1.54, 1.807) is 6.07 Å². The molecule has 3 aromatic heterocycles. The van der Waals surface area contributed by atoms with Crippen molar-refractivity contribution in [2.75, 3.05) is 11.9 Å². The number of aromatic nitrogens is 6. The highest BCUT2D eigenvalue weighted by atomic mass is 16.6. The molecule has 0 spiro atoms. The minimum absolute atomic E-state index is 0.0914. The summed E-state index contributed by atoms with van der Waals surface area (Å²) in [7, 11) is 0. The number of anilines is 1. The van der Waals surface area contributed by atoms with E-state index in [2.05, 4.69) is 30.6 Å². The molecule has 10 nitrogen and oxygen atoms in total. The van der Waals surface area contributed by atoms with Crippen LogP contribution in [0.5, 0.6) is 6.08 Å². The van der Waals surface area contributed by atoms with E-state index < -0.39 is 5.91 Å². The van der Waals surface area contributed by atoms with E-state index in [1.165, 1.54) is 4.68 Å². The van der Waals surface area contributed by atoms with Crippen molar-refractivity contribution in [3.63, 3.8) is 0 Å². The molecule has 4 aromatic rings. The second kappa shape index (κ2) is 8.11. The molecule has 0 bridgehead atoms. The first-order chi connectivity index (χ1) is 14.5. The maximum atomic E-state index is 12.4. The van der Waals surface area contributed by atoms with Crippen molar-refractivity contribution in [2.45, 2.75) is 20.8 Å². The molecule has 1 aromatic carbocycles. The van der Waals surface area contributed by atoms with E-state index in [-0.39, 0.29) is 12.7 Å². The van der Waals surface area contributed by atoms with Crippen LogP contribution in [0.2, 0.25) is 0 Å². The SMILES string of the molecule is Cc1cc(C)nc(-n2nc(C)cc2NC(=O)COc2nnc(-c3ccccc3)o2)n1. The Labute approximate surface area is 172 Å². The molecule has 0 aliphatic heterocycles. The summed E-state index contributed by atoms with van der Waals surface area (Å²) in [5.41, 5.74) is 3.07. The summed E-state index contributed by atoms with van der Waals surface area (Å²) in [5, 5.41) is 14.8. The molecular formula is C20H19N7O3. The molecular weight excluding hydrogens is 386 g/mol. The molecule has 1 N–H and O–H groups in total. The van der Waals surface area contributed by atoms with Gasteiger partial charge in [-0.1, -0.05) is 23.3 Å². The lowest BCUT2D eigenvalue weighted by Crippen LogP contribution is -2.22. The predicted molar refractivity (Wildman–Crippen MR) is 107 cm³/mol. The molecule has 4 rings (SSSR count). The molecule has 1 amide bonds. The quantitative estimate of drug-likeness (QED) is 0.520. The monoisotopic (exact) mass is 405 g/mol. The van der Waals surface area contributed by atoms with Crippen molar-refractivity contribution in [3.8, 4) is 23.5 Å². The van der Waals surface area contributed by atoms with Crippen LogP contribution in [0, 0.1) is 20.8 Å². The summed E-state index contributed by atoms with van der Waals surface area (Å²) in [5.74, 6) is 0.703. The summed E-state index contributed by atoms with van der Waals surface area (Å²) >= 11 is 0. The fourth-order valence-electron chi connectivity index (χ4n) is 2.81. The maximum absolute atomic E-state index is 12.4. The van der Waals surface area contributed by atoms with Gasteiger partial charge in [-0.05, 0) is 39.0 Å². The van der Waals surface area contributed by atoms with E-state index in [9.17, 15) is 4.79 Å². The number of hydrogen-bond acceptors (Lipinski definition) is 8. The third kappa shape index (κ3) is 4.32. The van der Waals surface area contributed by atoms with Crippen LogP contribution in [-0.2, 0) is 4.79 Å². The van der Waals surface area contributed by atoms with Gasteiger partial charge >= 0.3 is 6.08 Å². The predicted octanol–water partition coefficient (Wildman–Crippen LogP) is 2.66. The molecule has 0 saturated heterocycles. The molecule has 10 heteroatoms. The summed E-state index contributed by atoms with van der Waals surface area (Å²) < 4.78 is 12.2. The zero-order valence-electron chi connectivity index (χ0n) is 16.7. The van der Waals surface area contributed by atoms with Crippen LogP contribution >= 0.6 is 0 Å². The van der Waals surface area contributed by atoms with Crippen molar-refractivity contribution in [1.82, 2.24) is 29.9 Å². The number of aryl methyl sites for hydroxylation is 3. The second-order valence-corrected chi connectivity index (χ2v) is 6.61. The summed E-state index contributed by atoms with van der Waals surface area (Å²) in [4.78, 5) is 21.1. The minimum Gasteiger partial charge on any atom is -0.439 e. The number of nitrogens with zero attached hydrogens (tertiary/aromatic N) is 6. The largest absolute Gasteiger partial charge is 0.439 e. The average Bonchev–Trinajstić information content (AvgIpc) is 3.33. The Hall–Kier alpha value is -4.08. The highest BCUT2D eigenvalue weighted by Crippen LogP contribution is 2.20. The average molecular weight is 405 g/mol. The van der Waals surface area contributed by atoms with E-state index in [0.29, 0.717) is 23.4 Å². The lowest BCUT2D eigenvalue weighted by atomic mass is 10.2. The molecule has 0 aliphatic rings. The summed E-state index contributed by atoms with van der Waals surface area (Å²) in [6, 6.07) is 12.9. The van der Waals surface area contributed by atoms with Crippen LogP contribution in [0.25, 0.3) is 17.4 Å². The lowest BCUT2D eigenvalue weighted by molar-refractivity contribution is -0.118. The molecule has 0 saturated carbocycles. The fourth-order valence-corrected chi connectivity index (χ4v) is 2.81. The van der Waals surface area contributed by atoms with Crippen molar-refractivity contribution in [1.29, 1.82) is 0 Å². The molecule has 0 fully saturated rings. The van der Waals surface area contributed by atoms with Crippen molar-refractivity contribution < 1.29 is 13.9 Å². The molecule has 0 radical (unpaired) electrons. The highest BCUT2D eigenvalue weighted by Gasteiger charge is 2.15. The maximum Gasteiger partial charge on any atom is 0.415 e. The Morgan fingerprint density at radius 1 is 1.03 bits per heavy atom. The standard InChI is InChI=1S/C20H19N7O3/c1-12-9-13(2)22-19(21-12)27-16(10-14(3)26-27)23-17(28)11-29-20-25-24-18(30-20)15-7-5-4-6-8-15/h4-10H,11H2,1-3H3,(H,23,28). The first kappa shape index (κ1) is 19.2. The van der Waals surface area contributed by atoms with Gasteiger partial charge in [0, 0.05) is 23.0 Å². The Balaban J connectivity index is 1.43. The third-order valence-electron chi connectivity index (χ3n) is 4.01. The number of ether oxygens (including phenoxy) is 1. The van der Waals surface area contributed by atoms with Gasteiger partial charge in [0.05, 0.1) is 5.69 Å². The number of rotatable bonds is 6. The van der Waals surface area contributed by atoms with Crippen LogP contribution in [0.3, 0.4) is 0 Å². The van der Waals surface area contributed by atoms with E-state index in [0.717, 1.165) is 17.0 Å². The smallest absolute Gasteiger partial charge is 0.415 e. The van der Waals surface area contributed by atoms with Crippen molar-refractivity contribution in [3.05, 3.63) is 59.5 Å². The fraction of sp³-hybridized carbons (Fsp3) is 0.200.